The molecule has 1 atom stereocenters. The summed E-state index contributed by atoms with van der Waals surface area (Å²) in [6.45, 7) is 12.3. The third kappa shape index (κ3) is 6.84. The maximum atomic E-state index is 13.8. The molecule has 0 bridgehead atoms. The molecule has 2 amide bonds. The lowest BCUT2D eigenvalue weighted by atomic mass is 10.00. The Kier molecular flexibility index (Phi) is 9.26. The molecule has 0 spiro atoms. The van der Waals surface area contributed by atoms with Crippen LogP contribution in [-0.4, -0.2) is 47.9 Å². The van der Waals surface area contributed by atoms with Crippen LogP contribution in [-0.2, 0) is 11.2 Å². The van der Waals surface area contributed by atoms with Crippen molar-refractivity contribution in [3.05, 3.63) is 87.1 Å². The summed E-state index contributed by atoms with van der Waals surface area (Å²) in [5.74, 6) is 1.58. The van der Waals surface area contributed by atoms with E-state index in [0.29, 0.717) is 37.1 Å². The highest BCUT2D eigenvalue weighted by Gasteiger charge is 2.33. The van der Waals surface area contributed by atoms with Gasteiger partial charge in [-0.2, -0.15) is 0 Å². The molecule has 0 saturated carbocycles. The Labute approximate surface area is 231 Å². The average Bonchev–Trinajstić information content (AvgIpc) is 3.39. The van der Waals surface area contributed by atoms with Crippen molar-refractivity contribution in [2.24, 2.45) is 5.92 Å². The molecule has 38 heavy (non-hydrogen) atoms. The predicted octanol–water partition coefficient (Wildman–Crippen LogP) is 6.87. The molecule has 2 aromatic carbocycles. The molecule has 2 heterocycles. The van der Waals surface area contributed by atoms with E-state index in [9.17, 15) is 9.59 Å². The summed E-state index contributed by atoms with van der Waals surface area (Å²) < 4.78 is 6.23. The van der Waals surface area contributed by atoms with Crippen LogP contribution < -0.4 is 4.74 Å². The zero-order valence-electron chi connectivity index (χ0n) is 23.3. The summed E-state index contributed by atoms with van der Waals surface area (Å²) in [6.07, 6.45) is 1.68. The van der Waals surface area contributed by atoms with E-state index in [1.807, 2.05) is 48.2 Å². The van der Waals surface area contributed by atoms with Crippen LogP contribution in [0, 0.1) is 12.8 Å². The van der Waals surface area contributed by atoms with Gasteiger partial charge in [-0.15, -0.1) is 11.3 Å². The van der Waals surface area contributed by atoms with Crippen molar-refractivity contribution in [2.75, 3.05) is 26.2 Å². The van der Waals surface area contributed by atoms with Crippen molar-refractivity contribution >= 4 is 23.2 Å². The van der Waals surface area contributed by atoms with Gasteiger partial charge in [0, 0.05) is 23.5 Å². The minimum atomic E-state index is -0.177. The van der Waals surface area contributed by atoms with Gasteiger partial charge in [0.25, 0.3) is 5.91 Å². The monoisotopic (exact) mass is 532 g/mol. The molecule has 6 heteroatoms. The normalized spacial score (nSPS) is 15.0. The lowest BCUT2D eigenvalue weighted by molar-refractivity contribution is -0.135. The Bertz CT molecular complexity index is 1210. The minimum Gasteiger partial charge on any atom is -0.491 e. The number of carbonyl (C=O) groups is 2. The van der Waals surface area contributed by atoms with Crippen LogP contribution in [0.4, 0.5) is 0 Å². The first kappa shape index (κ1) is 27.9. The first-order valence-electron chi connectivity index (χ1n) is 13.7. The molecule has 1 unspecified atom stereocenters. The van der Waals surface area contributed by atoms with Gasteiger partial charge >= 0.3 is 0 Å². The number of amides is 2. The van der Waals surface area contributed by atoms with Crippen molar-refractivity contribution < 1.29 is 14.3 Å². The third-order valence-corrected chi connectivity index (χ3v) is 8.25. The van der Waals surface area contributed by atoms with Crippen molar-refractivity contribution in [1.29, 1.82) is 0 Å². The number of fused-ring (bicyclic) bond motifs is 1. The van der Waals surface area contributed by atoms with Gasteiger partial charge in [-0.1, -0.05) is 57.5 Å². The molecule has 1 aliphatic rings. The maximum absolute atomic E-state index is 13.8. The molecular formula is C32H40N2O3S. The Balaban J connectivity index is 1.51. The smallest absolute Gasteiger partial charge is 0.254 e. The molecule has 3 aromatic rings. The van der Waals surface area contributed by atoms with E-state index >= 15 is 0 Å². The number of ether oxygens (including phenoxy) is 1. The van der Waals surface area contributed by atoms with E-state index in [1.165, 1.54) is 10.4 Å². The molecule has 5 nitrogen and oxygen atoms in total. The molecule has 4 rings (SSSR count). The molecule has 1 aromatic heterocycles. The molecule has 0 radical (unpaired) electrons. The summed E-state index contributed by atoms with van der Waals surface area (Å²) in [4.78, 5) is 32.2. The molecule has 202 valence electrons. The van der Waals surface area contributed by atoms with Gasteiger partial charge in [-0.3, -0.25) is 9.59 Å². The first-order valence-corrected chi connectivity index (χ1v) is 14.5. The second-order valence-corrected chi connectivity index (χ2v) is 12.0. The van der Waals surface area contributed by atoms with E-state index in [0.717, 1.165) is 29.7 Å². The van der Waals surface area contributed by atoms with Crippen LogP contribution in [0.2, 0.25) is 0 Å². The van der Waals surface area contributed by atoms with Gasteiger partial charge in [-0.05, 0) is 78.4 Å². The largest absolute Gasteiger partial charge is 0.491 e. The van der Waals surface area contributed by atoms with E-state index in [4.69, 9.17) is 4.74 Å². The second-order valence-electron chi connectivity index (χ2n) is 11.0. The van der Waals surface area contributed by atoms with E-state index in [-0.39, 0.29) is 24.4 Å². The van der Waals surface area contributed by atoms with Crippen LogP contribution >= 0.6 is 11.3 Å². The molecule has 0 saturated heterocycles. The lowest BCUT2D eigenvalue weighted by Crippen LogP contribution is -2.48. The number of rotatable bonds is 10. The first-order chi connectivity index (χ1) is 18.2. The molecular weight excluding hydrogens is 492 g/mol. The fourth-order valence-electron chi connectivity index (χ4n) is 4.80. The van der Waals surface area contributed by atoms with Crippen LogP contribution in [0.5, 0.6) is 5.75 Å². The second kappa shape index (κ2) is 12.6. The maximum Gasteiger partial charge on any atom is 0.254 e. The summed E-state index contributed by atoms with van der Waals surface area (Å²) >= 11 is 1.74. The van der Waals surface area contributed by atoms with Crippen molar-refractivity contribution in [1.82, 2.24) is 9.80 Å². The molecule has 0 fully saturated rings. The lowest BCUT2D eigenvalue weighted by Gasteiger charge is -2.37. The topological polar surface area (TPSA) is 49.9 Å². The number of hydrogen-bond acceptors (Lipinski definition) is 4. The quantitative estimate of drug-likeness (QED) is 0.286. The van der Waals surface area contributed by atoms with Crippen LogP contribution in [0.15, 0.2) is 60.0 Å². The van der Waals surface area contributed by atoms with Crippen LogP contribution in [0.25, 0.3) is 0 Å². The number of nitrogens with zero attached hydrogens (tertiary/aromatic N) is 2. The summed E-state index contributed by atoms with van der Waals surface area (Å²) in [6, 6.07) is 17.7. The third-order valence-electron chi connectivity index (χ3n) is 7.26. The number of aryl methyl sites for hydroxylation is 1. The van der Waals surface area contributed by atoms with Crippen LogP contribution in [0.1, 0.15) is 78.0 Å². The highest BCUT2D eigenvalue weighted by molar-refractivity contribution is 7.10. The van der Waals surface area contributed by atoms with Gasteiger partial charge in [-0.25, -0.2) is 0 Å². The van der Waals surface area contributed by atoms with Crippen molar-refractivity contribution in [2.45, 2.75) is 59.4 Å². The Morgan fingerprint density at radius 1 is 1.03 bits per heavy atom. The Hall–Kier alpha value is -3.12. The highest BCUT2D eigenvalue weighted by Crippen LogP contribution is 2.34. The molecule has 0 aliphatic carbocycles. The number of benzene rings is 2. The fourth-order valence-corrected chi connectivity index (χ4v) is 5.73. The van der Waals surface area contributed by atoms with Crippen molar-refractivity contribution in [3.8, 4) is 5.75 Å². The minimum absolute atomic E-state index is 0.0326. The van der Waals surface area contributed by atoms with Gasteiger partial charge in [0.15, 0.2) is 0 Å². The van der Waals surface area contributed by atoms with Gasteiger partial charge in [0.1, 0.15) is 18.9 Å². The Morgan fingerprint density at radius 3 is 2.39 bits per heavy atom. The van der Waals surface area contributed by atoms with Gasteiger partial charge in [0.05, 0.1) is 6.04 Å². The highest BCUT2D eigenvalue weighted by atomic mass is 32.1. The summed E-state index contributed by atoms with van der Waals surface area (Å²) in [5, 5.41) is 2.10. The summed E-state index contributed by atoms with van der Waals surface area (Å²) in [5.41, 5.74) is 4.15. The summed E-state index contributed by atoms with van der Waals surface area (Å²) in [7, 11) is 0. The predicted molar refractivity (Wildman–Crippen MR) is 155 cm³/mol. The van der Waals surface area contributed by atoms with Gasteiger partial charge < -0.3 is 14.5 Å². The van der Waals surface area contributed by atoms with Crippen LogP contribution in [0.3, 0.4) is 0 Å². The average molecular weight is 533 g/mol. The van der Waals surface area contributed by atoms with Crippen molar-refractivity contribution in [3.63, 3.8) is 0 Å². The standard InChI is InChI=1S/C32H40N2O3S/c1-22(2)14-17-33(32(36)26-8-6-24(5)7-9-26)20-31(35)34-18-15-30-28(16-19-38-30)29(34)21-37-27-12-10-25(11-13-27)23(3)4/h6-13,16,19,22-23,29H,14-15,17-18,20-21H2,1-5H3. The number of thiophene rings is 1. The number of hydrogen-bond donors (Lipinski definition) is 0. The molecule has 1 aliphatic heterocycles. The van der Waals surface area contributed by atoms with E-state index < -0.39 is 0 Å². The van der Waals surface area contributed by atoms with E-state index in [2.05, 4.69) is 51.3 Å². The Morgan fingerprint density at radius 2 is 1.74 bits per heavy atom. The zero-order chi connectivity index (χ0) is 27.2. The molecule has 0 N–H and O–H groups in total. The number of carbonyl (C=O) groups excluding carboxylic acids is 2. The fraction of sp³-hybridized carbons (Fsp3) is 0.438. The SMILES string of the molecule is Cc1ccc(C(=O)N(CCC(C)C)CC(=O)N2CCc3sccc3C2COc2ccc(C(C)C)cc2)cc1. The zero-order valence-corrected chi connectivity index (χ0v) is 24.1. The van der Waals surface area contributed by atoms with E-state index in [1.54, 1.807) is 16.2 Å². The van der Waals surface area contributed by atoms with Gasteiger partial charge in [0.2, 0.25) is 5.91 Å².